The lowest BCUT2D eigenvalue weighted by atomic mass is 9.80. The SMILES string of the molecule is C=C/C(=c1/sc2ccccc2c1=C)N(c1ccccc1)c1cc2c(c(C=C)c1C=C)-c1ccc(C)cc1C2(C)C. The van der Waals surface area contributed by atoms with E-state index in [1.54, 1.807) is 11.3 Å². The molecule has 0 N–H and O–H groups in total. The summed E-state index contributed by atoms with van der Waals surface area (Å²) in [5, 5.41) is 2.19. The number of hydrogen-bond acceptors (Lipinski definition) is 2. The largest absolute Gasteiger partial charge is 0.308 e. The van der Waals surface area contributed by atoms with Gasteiger partial charge in [0.05, 0.1) is 15.9 Å². The van der Waals surface area contributed by atoms with Crippen molar-refractivity contribution in [2.45, 2.75) is 26.2 Å². The Morgan fingerprint density at radius 1 is 0.825 bits per heavy atom. The van der Waals surface area contributed by atoms with E-state index in [1.165, 1.54) is 37.9 Å². The van der Waals surface area contributed by atoms with E-state index in [1.807, 2.05) is 18.2 Å². The lowest BCUT2D eigenvalue weighted by Gasteiger charge is -2.31. The van der Waals surface area contributed by atoms with Crippen molar-refractivity contribution in [3.8, 4) is 11.1 Å². The summed E-state index contributed by atoms with van der Waals surface area (Å²) >= 11 is 1.76. The Bertz CT molecular complexity index is 1950. The summed E-state index contributed by atoms with van der Waals surface area (Å²) in [6, 6.07) is 28.1. The van der Waals surface area contributed by atoms with Gasteiger partial charge >= 0.3 is 0 Å². The number of para-hydroxylation sites is 1. The molecule has 0 radical (unpaired) electrons. The van der Waals surface area contributed by atoms with Gasteiger partial charge in [-0.15, -0.1) is 11.3 Å². The van der Waals surface area contributed by atoms with Crippen molar-refractivity contribution in [1.29, 1.82) is 0 Å². The van der Waals surface area contributed by atoms with E-state index in [0.29, 0.717) is 0 Å². The van der Waals surface area contributed by atoms with Gasteiger partial charge in [-0.25, -0.2) is 0 Å². The average Bonchev–Trinajstić information content (AvgIpc) is 3.41. The zero-order chi connectivity index (χ0) is 28.2. The van der Waals surface area contributed by atoms with Crippen molar-refractivity contribution >= 4 is 57.2 Å². The number of rotatable bonds is 6. The van der Waals surface area contributed by atoms with Gasteiger partial charge in [-0.1, -0.05) is 112 Å². The minimum absolute atomic E-state index is 0.172. The minimum atomic E-state index is -0.172. The highest BCUT2D eigenvalue weighted by Gasteiger charge is 2.38. The highest BCUT2D eigenvalue weighted by molar-refractivity contribution is 7.17. The average molecular weight is 536 g/mol. The van der Waals surface area contributed by atoms with Crippen LogP contribution in [0.15, 0.2) is 105 Å². The summed E-state index contributed by atoms with van der Waals surface area (Å²) < 4.78 is 2.32. The molecule has 1 heterocycles. The van der Waals surface area contributed by atoms with Gasteiger partial charge in [-0.2, -0.15) is 0 Å². The second-order valence-electron chi connectivity index (χ2n) is 10.9. The van der Waals surface area contributed by atoms with Crippen molar-refractivity contribution in [2.24, 2.45) is 0 Å². The number of hydrogen-bond donors (Lipinski definition) is 0. The van der Waals surface area contributed by atoms with Crippen LogP contribution >= 0.6 is 11.3 Å². The normalized spacial score (nSPS) is 13.9. The van der Waals surface area contributed by atoms with Crippen LogP contribution in [-0.2, 0) is 5.41 Å². The maximum absolute atomic E-state index is 4.52. The molecule has 0 amide bonds. The lowest BCUT2D eigenvalue weighted by Crippen LogP contribution is -2.28. The molecule has 1 aliphatic carbocycles. The van der Waals surface area contributed by atoms with E-state index < -0.39 is 0 Å². The predicted molar refractivity (Wildman–Crippen MR) is 178 cm³/mol. The van der Waals surface area contributed by atoms with Gasteiger partial charge in [0.2, 0.25) is 0 Å². The van der Waals surface area contributed by atoms with E-state index in [2.05, 4.69) is 131 Å². The summed E-state index contributed by atoms with van der Waals surface area (Å²) in [7, 11) is 0. The first-order valence-electron chi connectivity index (χ1n) is 13.6. The Balaban J connectivity index is 1.76. The van der Waals surface area contributed by atoms with Crippen molar-refractivity contribution in [3.05, 3.63) is 142 Å². The number of anilines is 2. The highest BCUT2D eigenvalue weighted by Crippen LogP contribution is 2.54. The monoisotopic (exact) mass is 535 g/mol. The molecule has 2 heteroatoms. The second-order valence-corrected chi connectivity index (χ2v) is 11.9. The summed E-state index contributed by atoms with van der Waals surface area (Å²) in [5.41, 5.74) is 11.5. The Labute approximate surface area is 241 Å². The zero-order valence-corrected chi connectivity index (χ0v) is 24.2. The minimum Gasteiger partial charge on any atom is -0.308 e. The molecule has 196 valence electrons. The van der Waals surface area contributed by atoms with Gasteiger partial charge in [0.1, 0.15) is 0 Å². The molecular formula is C38H33NS. The van der Waals surface area contributed by atoms with Crippen molar-refractivity contribution in [2.75, 3.05) is 4.90 Å². The number of nitrogens with zero attached hydrogens (tertiary/aromatic N) is 1. The first-order chi connectivity index (χ1) is 19.3. The summed E-state index contributed by atoms with van der Waals surface area (Å²) in [4.78, 5) is 2.32. The van der Waals surface area contributed by atoms with Crippen LogP contribution in [0.4, 0.5) is 11.4 Å². The number of aryl methyl sites for hydroxylation is 1. The van der Waals surface area contributed by atoms with Gasteiger partial charge in [0.25, 0.3) is 0 Å². The molecule has 40 heavy (non-hydrogen) atoms. The molecule has 0 aliphatic heterocycles. The molecule has 0 saturated heterocycles. The molecule has 0 fully saturated rings. The van der Waals surface area contributed by atoms with Crippen LogP contribution in [0.25, 0.3) is 45.6 Å². The lowest BCUT2D eigenvalue weighted by molar-refractivity contribution is 0.659. The van der Waals surface area contributed by atoms with E-state index in [4.69, 9.17) is 0 Å². The van der Waals surface area contributed by atoms with E-state index >= 15 is 0 Å². The standard InChI is InChI=1S/C38H33NS/c1-8-27-28(9-2)36-30-21-20-24(4)22-31(30)38(6,7)32(36)23-34(27)39(26-16-12-11-13-17-26)33(10-3)37-25(5)29-18-14-15-19-35(29)40-37/h8-23H,1-3,5H2,4,6-7H3/b37-33-. The zero-order valence-electron chi connectivity index (χ0n) is 23.4. The fourth-order valence-electron chi connectivity index (χ4n) is 6.21. The number of benzene rings is 4. The van der Waals surface area contributed by atoms with Crippen molar-refractivity contribution in [3.63, 3.8) is 0 Å². The fourth-order valence-corrected chi connectivity index (χ4v) is 7.39. The van der Waals surface area contributed by atoms with Crippen LogP contribution < -0.4 is 14.7 Å². The molecule has 1 aliphatic rings. The first-order valence-corrected chi connectivity index (χ1v) is 14.4. The molecule has 0 spiro atoms. The maximum atomic E-state index is 4.52. The summed E-state index contributed by atoms with van der Waals surface area (Å²) in [5.74, 6) is 0. The van der Waals surface area contributed by atoms with Crippen LogP contribution in [0.5, 0.6) is 0 Å². The molecule has 1 nitrogen and oxygen atoms in total. The molecule has 0 unspecified atom stereocenters. The molecule has 5 aromatic rings. The third-order valence-corrected chi connectivity index (χ3v) is 9.44. The van der Waals surface area contributed by atoms with Crippen molar-refractivity contribution < 1.29 is 0 Å². The van der Waals surface area contributed by atoms with Gasteiger partial charge in [-0.3, -0.25) is 0 Å². The number of fused-ring (bicyclic) bond motifs is 4. The van der Waals surface area contributed by atoms with Gasteiger partial charge < -0.3 is 4.90 Å². The Morgan fingerprint density at radius 3 is 2.20 bits per heavy atom. The molecule has 0 atom stereocenters. The Hall–Kier alpha value is -4.40. The smallest absolute Gasteiger partial charge is 0.0634 e. The molecule has 1 aromatic heterocycles. The Morgan fingerprint density at radius 2 is 1.52 bits per heavy atom. The molecule has 6 rings (SSSR count). The van der Waals surface area contributed by atoms with E-state index in [9.17, 15) is 0 Å². The third kappa shape index (κ3) is 3.75. The van der Waals surface area contributed by atoms with Crippen molar-refractivity contribution in [1.82, 2.24) is 0 Å². The topological polar surface area (TPSA) is 3.24 Å². The van der Waals surface area contributed by atoms with E-state index in [-0.39, 0.29) is 5.41 Å². The first kappa shape index (κ1) is 25.9. The Kier molecular flexibility index (Phi) is 6.24. The second kappa shape index (κ2) is 9.66. The highest BCUT2D eigenvalue weighted by atomic mass is 32.1. The van der Waals surface area contributed by atoms with Gasteiger partial charge in [0, 0.05) is 21.4 Å². The predicted octanol–water partition coefficient (Wildman–Crippen LogP) is 9.34. The molecule has 0 bridgehead atoms. The van der Waals surface area contributed by atoms with Gasteiger partial charge in [0.15, 0.2) is 0 Å². The van der Waals surface area contributed by atoms with Crippen LogP contribution in [0.2, 0.25) is 0 Å². The third-order valence-electron chi connectivity index (χ3n) is 8.21. The summed E-state index contributed by atoms with van der Waals surface area (Å²) in [6.07, 6.45) is 5.93. The number of thiophene rings is 1. The van der Waals surface area contributed by atoms with Gasteiger partial charge in [-0.05, 0) is 75.7 Å². The van der Waals surface area contributed by atoms with Crippen LogP contribution in [-0.4, -0.2) is 0 Å². The molecule has 4 aromatic carbocycles. The van der Waals surface area contributed by atoms with Crippen LogP contribution in [0, 0.1) is 6.92 Å². The fraction of sp³-hybridized carbons (Fsp3) is 0.105. The molecule has 0 saturated carbocycles. The quantitative estimate of drug-likeness (QED) is 0.209. The van der Waals surface area contributed by atoms with Crippen LogP contribution in [0.3, 0.4) is 0 Å². The maximum Gasteiger partial charge on any atom is 0.0634 e. The summed E-state index contributed by atoms with van der Waals surface area (Å²) in [6.45, 7) is 24.2. The van der Waals surface area contributed by atoms with E-state index in [0.717, 1.165) is 37.9 Å². The van der Waals surface area contributed by atoms with Crippen LogP contribution in [0.1, 0.15) is 41.7 Å². The molecular weight excluding hydrogens is 502 g/mol.